The Morgan fingerprint density at radius 3 is 2.00 bits per heavy atom. The summed E-state index contributed by atoms with van der Waals surface area (Å²) in [4.78, 5) is 0. The maximum absolute atomic E-state index is 7.92. The van der Waals surface area contributed by atoms with Gasteiger partial charge in [-0.2, -0.15) is 0 Å². The van der Waals surface area contributed by atoms with Gasteiger partial charge < -0.3 is 5.21 Å². The molecule has 0 aliphatic rings. The molecule has 0 atom stereocenters. The van der Waals surface area contributed by atoms with Crippen molar-refractivity contribution in [2.24, 2.45) is 5.16 Å². The van der Waals surface area contributed by atoms with Crippen molar-refractivity contribution >= 4 is 5.71 Å². The Bertz CT molecular complexity index is 242. The molecule has 72 valence electrons. The van der Waals surface area contributed by atoms with Gasteiger partial charge in [0.25, 0.3) is 0 Å². The first kappa shape index (κ1) is 11.7. The van der Waals surface area contributed by atoms with Crippen LogP contribution in [0.5, 0.6) is 0 Å². The molecule has 0 amide bonds. The first-order chi connectivity index (χ1) is 6.20. The number of benzene rings is 1. The Labute approximate surface area is 79.9 Å². The zero-order valence-corrected chi connectivity index (χ0v) is 8.49. The molecule has 1 aromatic rings. The van der Waals surface area contributed by atoms with Gasteiger partial charge in [-0.25, -0.2) is 0 Å². The lowest BCUT2D eigenvalue weighted by Gasteiger charge is -1.82. The molecule has 1 N–H and O–H groups in total. The van der Waals surface area contributed by atoms with E-state index in [9.17, 15) is 0 Å². The molecule has 0 bridgehead atoms. The van der Waals surface area contributed by atoms with Crippen LogP contribution in [0.25, 0.3) is 0 Å². The summed E-state index contributed by atoms with van der Waals surface area (Å²) in [5.41, 5.74) is 2.09. The van der Waals surface area contributed by atoms with Crippen LogP contribution in [0, 0.1) is 6.92 Å². The van der Waals surface area contributed by atoms with Gasteiger partial charge in [-0.1, -0.05) is 48.0 Å². The highest BCUT2D eigenvalue weighted by atomic mass is 16.4. The van der Waals surface area contributed by atoms with Gasteiger partial charge in [-0.15, -0.1) is 0 Å². The second-order valence-corrected chi connectivity index (χ2v) is 2.84. The van der Waals surface area contributed by atoms with Gasteiger partial charge in [0.2, 0.25) is 0 Å². The van der Waals surface area contributed by atoms with Gasteiger partial charge in [-0.3, -0.25) is 0 Å². The summed E-state index contributed by atoms with van der Waals surface area (Å²) in [6.45, 7) is 5.80. The molecular formula is C11H17NO. The van der Waals surface area contributed by atoms with Gasteiger partial charge in [0.05, 0.1) is 5.71 Å². The molecule has 0 saturated heterocycles. The Kier molecular flexibility index (Phi) is 6.60. The molecule has 0 fully saturated rings. The number of rotatable bonds is 1. The molecule has 0 radical (unpaired) electrons. The molecular weight excluding hydrogens is 162 g/mol. The summed E-state index contributed by atoms with van der Waals surface area (Å²) in [6, 6.07) is 10.3. The van der Waals surface area contributed by atoms with Crippen LogP contribution in [0.2, 0.25) is 0 Å². The SMILES string of the molecule is CCC(C)=NO.Cc1ccccc1. The molecule has 0 spiro atoms. The summed E-state index contributed by atoms with van der Waals surface area (Å²) in [6.07, 6.45) is 0.830. The van der Waals surface area contributed by atoms with Crippen molar-refractivity contribution in [1.29, 1.82) is 0 Å². The van der Waals surface area contributed by atoms with Gasteiger partial charge in [-0.05, 0) is 20.3 Å². The van der Waals surface area contributed by atoms with Crippen LogP contribution in [0.1, 0.15) is 25.8 Å². The average Bonchev–Trinajstić information content (AvgIpc) is 2.19. The molecule has 2 nitrogen and oxygen atoms in total. The fourth-order valence-corrected chi connectivity index (χ4v) is 0.605. The van der Waals surface area contributed by atoms with E-state index < -0.39 is 0 Å². The van der Waals surface area contributed by atoms with E-state index in [0.717, 1.165) is 12.1 Å². The highest BCUT2D eigenvalue weighted by molar-refractivity contribution is 5.80. The zero-order chi connectivity index (χ0) is 10.1. The van der Waals surface area contributed by atoms with E-state index in [1.165, 1.54) is 5.56 Å². The van der Waals surface area contributed by atoms with Crippen molar-refractivity contribution in [3.05, 3.63) is 35.9 Å². The minimum Gasteiger partial charge on any atom is -0.411 e. The Balaban J connectivity index is 0.000000226. The lowest BCUT2D eigenvalue weighted by atomic mass is 10.2. The number of hydrogen-bond acceptors (Lipinski definition) is 2. The second-order valence-electron chi connectivity index (χ2n) is 2.84. The van der Waals surface area contributed by atoms with Crippen LogP contribution >= 0.6 is 0 Å². The van der Waals surface area contributed by atoms with Crippen LogP contribution < -0.4 is 0 Å². The van der Waals surface area contributed by atoms with Crippen LogP contribution in [-0.4, -0.2) is 10.9 Å². The molecule has 0 aliphatic carbocycles. The van der Waals surface area contributed by atoms with Crippen molar-refractivity contribution < 1.29 is 5.21 Å². The van der Waals surface area contributed by atoms with Gasteiger partial charge in [0.15, 0.2) is 0 Å². The zero-order valence-electron chi connectivity index (χ0n) is 8.49. The van der Waals surface area contributed by atoms with Gasteiger partial charge in [0.1, 0.15) is 0 Å². The molecule has 0 aliphatic heterocycles. The standard InChI is InChI=1S/C7H8.C4H9NO/c1-7-5-3-2-4-6-7;1-3-4(2)5-6/h2-6H,1H3;6H,3H2,1-2H3. The third kappa shape index (κ3) is 7.06. The van der Waals surface area contributed by atoms with Crippen molar-refractivity contribution in [2.75, 3.05) is 0 Å². The summed E-state index contributed by atoms with van der Waals surface area (Å²) in [7, 11) is 0. The monoisotopic (exact) mass is 179 g/mol. The molecule has 0 saturated carbocycles. The van der Waals surface area contributed by atoms with Gasteiger partial charge >= 0.3 is 0 Å². The maximum Gasteiger partial charge on any atom is 0.0537 e. The predicted molar refractivity (Wildman–Crippen MR) is 56.4 cm³/mol. The van der Waals surface area contributed by atoms with Crippen LogP contribution in [-0.2, 0) is 0 Å². The summed E-state index contributed by atoms with van der Waals surface area (Å²) >= 11 is 0. The number of aryl methyl sites for hydroxylation is 1. The molecule has 13 heavy (non-hydrogen) atoms. The molecule has 1 aromatic carbocycles. The molecule has 0 unspecified atom stereocenters. The average molecular weight is 179 g/mol. The lowest BCUT2D eigenvalue weighted by molar-refractivity contribution is 0.317. The third-order valence-corrected chi connectivity index (χ3v) is 1.62. The summed E-state index contributed by atoms with van der Waals surface area (Å²) in [5, 5.41) is 10.8. The van der Waals surface area contributed by atoms with E-state index in [1.54, 1.807) is 6.92 Å². The van der Waals surface area contributed by atoms with E-state index in [4.69, 9.17) is 5.21 Å². The largest absolute Gasteiger partial charge is 0.411 e. The first-order valence-electron chi connectivity index (χ1n) is 4.39. The first-order valence-corrected chi connectivity index (χ1v) is 4.39. The van der Waals surface area contributed by atoms with E-state index in [-0.39, 0.29) is 0 Å². The lowest BCUT2D eigenvalue weighted by Crippen LogP contribution is -1.83. The second kappa shape index (κ2) is 7.35. The van der Waals surface area contributed by atoms with Gasteiger partial charge in [0, 0.05) is 0 Å². The Hall–Kier alpha value is -1.31. The third-order valence-electron chi connectivity index (χ3n) is 1.62. The summed E-state index contributed by atoms with van der Waals surface area (Å²) in [5.74, 6) is 0. The van der Waals surface area contributed by atoms with Crippen molar-refractivity contribution in [1.82, 2.24) is 0 Å². The normalized spacial score (nSPS) is 10.2. The highest BCUT2D eigenvalue weighted by Gasteiger charge is 1.77. The van der Waals surface area contributed by atoms with Crippen molar-refractivity contribution in [2.45, 2.75) is 27.2 Å². The van der Waals surface area contributed by atoms with Crippen LogP contribution in [0.3, 0.4) is 0 Å². The Morgan fingerprint density at radius 1 is 1.31 bits per heavy atom. The molecule has 0 aromatic heterocycles. The van der Waals surface area contributed by atoms with Crippen molar-refractivity contribution in [3.8, 4) is 0 Å². The van der Waals surface area contributed by atoms with E-state index in [1.807, 2.05) is 25.1 Å². The maximum atomic E-state index is 7.92. The molecule has 0 heterocycles. The quantitative estimate of drug-likeness (QED) is 0.400. The minimum absolute atomic E-state index is 0.773. The number of nitrogens with zero attached hydrogens (tertiary/aromatic N) is 1. The molecule has 1 rings (SSSR count). The predicted octanol–water partition coefficient (Wildman–Crippen LogP) is 3.24. The minimum atomic E-state index is 0.773. The fourth-order valence-electron chi connectivity index (χ4n) is 0.605. The smallest absolute Gasteiger partial charge is 0.0537 e. The van der Waals surface area contributed by atoms with Crippen LogP contribution in [0.15, 0.2) is 35.5 Å². The van der Waals surface area contributed by atoms with E-state index >= 15 is 0 Å². The summed E-state index contributed by atoms with van der Waals surface area (Å²) < 4.78 is 0. The van der Waals surface area contributed by atoms with Crippen LogP contribution in [0.4, 0.5) is 0 Å². The number of oxime groups is 1. The van der Waals surface area contributed by atoms with E-state index in [2.05, 4.69) is 24.2 Å². The Morgan fingerprint density at radius 2 is 1.85 bits per heavy atom. The highest BCUT2D eigenvalue weighted by Crippen LogP contribution is 1.92. The fraction of sp³-hybridized carbons (Fsp3) is 0.364. The number of hydrogen-bond donors (Lipinski definition) is 1. The topological polar surface area (TPSA) is 32.6 Å². The molecule has 2 heteroatoms. The van der Waals surface area contributed by atoms with Crippen molar-refractivity contribution in [3.63, 3.8) is 0 Å². The van der Waals surface area contributed by atoms with E-state index in [0.29, 0.717) is 0 Å².